The summed E-state index contributed by atoms with van der Waals surface area (Å²) in [5, 5.41) is 3.39. The van der Waals surface area contributed by atoms with E-state index in [1.165, 1.54) is 0 Å². The molecule has 5 heteroatoms. The minimum Gasteiger partial charge on any atom is -0.314 e. The number of rotatable bonds is 2. The van der Waals surface area contributed by atoms with Gasteiger partial charge in [0.2, 0.25) is 0 Å². The lowest BCUT2D eigenvalue weighted by molar-refractivity contribution is 0.178. The highest BCUT2D eigenvalue weighted by atomic mass is 79.9. The van der Waals surface area contributed by atoms with E-state index in [0.29, 0.717) is 6.04 Å². The van der Waals surface area contributed by atoms with Crippen molar-refractivity contribution in [3.8, 4) is 0 Å². The predicted octanol–water partition coefficient (Wildman–Crippen LogP) is 2.06. The lowest BCUT2D eigenvalue weighted by atomic mass is 10.2. The Labute approximate surface area is 115 Å². The molecule has 0 radical (unpaired) electrons. The molecule has 1 N–H and O–H groups in total. The summed E-state index contributed by atoms with van der Waals surface area (Å²) in [4.78, 5) is 7.16. The quantitative estimate of drug-likeness (QED) is 0.922. The van der Waals surface area contributed by atoms with E-state index in [1.807, 2.05) is 6.07 Å². The molecule has 2 aromatic rings. The van der Waals surface area contributed by atoms with Gasteiger partial charge in [-0.15, -0.1) is 0 Å². The van der Waals surface area contributed by atoms with Crippen LogP contribution in [0, 0.1) is 0 Å². The van der Waals surface area contributed by atoms with Crippen molar-refractivity contribution in [1.29, 1.82) is 0 Å². The fraction of sp³-hybridized carbons (Fsp3) is 0.462. The minimum atomic E-state index is 0.341. The van der Waals surface area contributed by atoms with Gasteiger partial charge >= 0.3 is 0 Å². The van der Waals surface area contributed by atoms with Crippen molar-refractivity contribution in [3.05, 3.63) is 34.8 Å². The number of nitrogens with zero attached hydrogens (tertiary/aromatic N) is 3. The lowest BCUT2D eigenvalue weighted by Crippen LogP contribution is -2.44. The molecule has 96 valence electrons. The summed E-state index contributed by atoms with van der Waals surface area (Å²) in [6.07, 6.45) is 2.08. The van der Waals surface area contributed by atoms with Crippen LogP contribution in [0.3, 0.4) is 0 Å². The highest BCUT2D eigenvalue weighted by Crippen LogP contribution is 2.25. The van der Waals surface area contributed by atoms with Crippen LogP contribution < -0.4 is 5.32 Å². The maximum Gasteiger partial charge on any atom is 0.132 e. The number of hydrogen-bond donors (Lipinski definition) is 1. The molecule has 0 bridgehead atoms. The monoisotopic (exact) mass is 308 g/mol. The van der Waals surface area contributed by atoms with Gasteiger partial charge in [0.1, 0.15) is 10.4 Å². The van der Waals surface area contributed by atoms with Crippen LogP contribution >= 0.6 is 15.9 Å². The van der Waals surface area contributed by atoms with Gasteiger partial charge in [-0.05, 0) is 35.0 Å². The molecule has 3 heterocycles. The highest BCUT2D eigenvalue weighted by molar-refractivity contribution is 9.10. The summed E-state index contributed by atoms with van der Waals surface area (Å²) in [7, 11) is 0. The molecule has 0 amide bonds. The first-order valence-corrected chi connectivity index (χ1v) is 7.14. The van der Waals surface area contributed by atoms with Crippen LogP contribution in [0.1, 0.15) is 18.8 Å². The van der Waals surface area contributed by atoms with Gasteiger partial charge in [-0.3, -0.25) is 4.90 Å². The summed E-state index contributed by atoms with van der Waals surface area (Å²) in [6.45, 7) is 6.53. The van der Waals surface area contributed by atoms with E-state index in [9.17, 15) is 0 Å². The van der Waals surface area contributed by atoms with Crippen molar-refractivity contribution in [1.82, 2.24) is 19.6 Å². The molecule has 4 nitrogen and oxygen atoms in total. The highest BCUT2D eigenvalue weighted by Gasteiger charge is 2.22. The lowest BCUT2D eigenvalue weighted by Gasteiger charge is -2.32. The van der Waals surface area contributed by atoms with E-state index in [1.54, 1.807) is 0 Å². The SMILES string of the molecule is CC(c1nc(Br)c2ccccn12)N1CCNCC1. The van der Waals surface area contributed by atoms with Crippen molar-refractivity contribution in [2.75, 3.05) is 26.2 Å². The Bertz CT molecular complexity index is 545. The Balaban J connectivity index is 1.98. The van der Waals surface area contributed by atoms with Crippen molar-refractivity contribution in [3.63, 3.8) is 0 Å². The molecule has 0 aliphatic carbocycles. The van der Waals surface area contributed by atoms with Crippen LogP contribution in [-0.4, -0.2) is 40.5 Å². The van der Waals surface area contributed by atoms with Crippen molar-refractivity contribution >= 4 is 21.4 Å². The molecular weight excluding hydrogens is 292 g/mol. The summed E-state index contributed by atoms with van der Waals surface area (Å²) in [5.74, 6) is 1.11. The predicted molar refractivity (Wildman–Crippen MR) is 75.7 cm³/mol. The van der Waals surface area contributed by atoms with Gasteiger partial charge in [-0.1, -0.05) is 6.07 Å². The molecule has 0 saturated carbocycles. The number of piperazine rings is 1. The van der Waals surface area contributed by atoms with Crippen molar-refractivity contribution in [2.24, 2.45) is 0 Å². The molecule has 0 spiro atoms. The standard InChI is InChI=1S/C13H17BrN4/c1-10(17-8-5-15-6-9-17)13-16-12(14)11-4-2-3-7-18(11)13/h2-4,7,10,15H,5-6,8-9H2,1H3. The number of pyridine rings is 1. The molecule has 18 heavy (non-hydrogen) atoms. The minimum absolute atomic E-state index is 0.341. The van der Waals surface area contributed by atoms with Gasteiger partial charge in [0.05, 0.1) is 11.6 Å². The largest absolute Gasteiger partial charge is 0.314 e. The zero-order chi connectivity index (χ0) is 12.5. The summed E-state index contributed by atoms with van der Waals surface area (Å²) < 4.78 is 3.11. The Morgan fingerprint density at radius 1 is 1.33 bits per heavy atom. The van der Waals surface area contributed by atoms with Crippen LogP contribution in [-0.2, 0) is 0 Å². The average Bonchev–Trinajstić information content (AvgIpc) is 2.77. The molecule has 1 aliphatic rings. The molecule has 1 unspecified atom stereocenters. The van der Waals surface area contributed by atoms with Gasteiger partial charge in [-0.2, -0.15) is 0 Å². The van der Waals surface area contributed by atoms with Crippen LogP contribution in [0.2, 0.25) is 0 Å². The maximum absolute atomic E-state index is 4.68. The average molecular weight is 309 g/mol. The molecule has 1 atom stereocenters. The Hall–Kier alpha value is -0.910. The van der Waals surface area contributed by atoms with Crippen LogP contribution in [0.25, 0.3) is 5.52 Å². The smallest absolute Gasteiger partial charge is 0.132 e. The van der Waals surface area contributed by atoms with Gasteiger partial charge in [0, 0.05) is 32.4 Å². The van der Waals surface area contributed by atoms with E-state index in [2.05, 4.69) is 60.8 Å². The van der Waals surface area contributed by atoms with Crippen LogP contribution in [0.15, 0.2) is 29.0 Å². The van der Waals surface area contributed by atoms with Crippen molar-refractivity contribution in [2.45, 2.75) is 13.0 Å². The van der Waals surface area contributed by atoms with E-state index in [-0.39, 0.29) is 0 Å². The molecule has 2 aromatic heterocycles. The van der Waals surface area contributed by atoms with E-state index in [0.717, 1.165) is 42.1 Å². The van der Waals surface area contributed by atoms with E-state index < -0.39 is 0 Å². The Kier molecular flexibility index (Phi) is 3.37. The maximum atomic E-state index is 4.68. The molecule has 1 fully saturated rings. The van der Waals surface area contributed by atoms with Crippen molar-refractivity contribution < 1.29 is 0 Å². The molecule has 1 aliphatic heterocycles. The van der Waals surface area contributed by atoms with Gasteiger partial charge in [0.25, 0.3) is 0 Å². The second-order valence-corrected chi connectivity index (χ2v) is 5.43. The Morgan fingerprint density at radius 3 is 2.89 bits per heavy atom. The fourth-order valence-corrected chi connectivity index (χ4v) is 3.06. The van der Waals surface area contributed by atoms with Gasteiger partial charge in [-0.25, -0.2) is 4.98 Å². The first-order chi connectivity index (χ1) is 8.77. The van der Waals surface area contributed by atoms with E-state index in [4.69, 9.17) is 0 Å². The second-order valence-electron chi connectivity index (χ2n) is 4.68. The number of imidazole rings is 1. The molecule has 0 aromatic carbocycles. The number of hydrogen-bond acceptors (Lipinski definition) is 3. The second kappa shape index (κ2) is 4.99. The zero-order valence-electron chi connectivity index (χ0n) is 10.4. The van der Waals surface area contributed by atoms with Gasteiger partial charge < -0.3 is 9.72 Å². The summed E-state index contributed by atoms with van der Waals surface area (Å²) in [5.41, 5.74) is 1.13. The summed E-state index contributed by atoms with van der Waals surface area (Å²) >= 11 is 3.55. The molecule has 3 rings (SSSR count). The van der Waals surface area contributed by atoms with Crippen LogP contribution in [0.5, 0.6) is 0 Å². The van der Waals surface area contributed by atoms with Gasteiger partial charge in [0.15, 0.2) is 0 Å². The number of aromatic nitrogens is 2. The number of nitrogens with one attached hydrogen (secondary N) is 1. The number of halogens is 1. The first-order valence-electron chi connectivity index (χ1n) is 6.34. The molecule has 1 saturated heterocycles. The van der Waals surface area contributed by atoms with E-state index >= 15 is 0 Å². The first kappa shape index (κ1) is 12.1. The third-order valence-electron chi connectivity index (χ3n) is 3.60. The summed E-state index contributed by atoms with van der Waals surface area (Å²) in [6, 6.07) is 6.52. The number of fused-ring (bicyclic) bond motifs is 1. The fourth-order valence-electron chi connectivity index (χ4n) is 2.55. The Morgan fingerprint density at radius 2 is 2.11 bits per heavy atom. The van der Waals surface area contributed by atoms with Crippen LogP contribution in [0.4, 0.5) is 0 Å². The zero-order valence-corrected chi connectivity index (χ0v) is 12.0. The topological polar surface area (TPSA) is 32.6 Å². The normalized spacial score (nSPS) is 19.2. The third kappa shape index (κ3) is 2.06. The third-order valence-corrected chi connectivity index (χ3v) is 4.19. The molecular formula is C13H17BrN4.